The third-order valence-electron chi connectivity index (χ3n) is 5.16. The number of imide groups is 1. The van der Waals surface area contributed by atoms with E-state index in [1.807, 2.05) is 42.5 Å². The highest BCUT2D eigenvalue weighted by Gasteiger charge is 2.40. The number of para-hydroxylation sites is 1. The van der Waals surface area contributed by atoms with Crippen molar-refractivity contribution in [2.75, 3.05) is 14.2 Å². The summed E-state index contributed by atoms with van der Waals surface area (Å²) in [7, 11) is 3.13. The zero-order valence-electron chi connectivity index (χ0n) is 19.8. The lowest BCUT2D eigenvalue weighted by atomic mass is 10.0. The van der Waals surface area contributed by atoms with Crippen LogP contribution in [0.1, 0.15) is 38.3 Å². The lowest BCUT2D eigenvalue weighted by molar-refractivity contribution is -0.125. The van der Waals surface area contributed by atoms with Crippen LogP contribution in [0.3, 0.4) is 0 Å². The maximum atomic E-state index is 12.9. The number of amides is 2. The molecule has 2 amide bonds. The van der Waals surface area contributed by atoms with Crippen molar-refractivity contribution in [1.82, 2.24) is 4.90 Å². The van der Waals surface area contributed by atoms with Gasteiger partial charge in [0.15, 0.2) is 11.5 Å². The Morgan fingerprint density at radius 2 is 1.73 bits per heavy atom. The standard InChI is InChI=1S/C26H31NO6/c1-26(2,3)33-25(29)27-20(15-14-18-10-7-6-8-11-18)22(16-23(27)28)32-17-19-12-9-13-21(30-4)24(19)31-5/h6-13,16,20H,14-15,17H2,1-5H3/t20-/m0/s1. The summed E-state index contributed by atoms with van der Waals surface area (Å²) in [4.78, 5) is 26.8. The number of ether oxygens (including phenoxy) is 4. The summed E-state index contributed by atoms with van der Waals surface area (Å²) in [5, 5.41) is 0. The van der Waals surface area contributed by atoms with Crippen LogP contribution in [0.2, 0.25) is 0 Å². The number of methoxy groups -OCH3 is 2. The number of rotatable bonds is 8. The van der Waals surface area contributed by atoms with Crippen molar-refractivity contribution in [3.8, 4) is 11.5 Å². The molecule has 2 aromatic rings. The second-order valence-corrected chi connectivity index (χ2v) is 8.72. The fraction of sp³-hybridized carbons (Fsp3) is 0.385. The summed E-state index contributed by atoms with van der Waals surface area (Å²) in [6, 6.07) is 14.8. The molecular formula is C26H31NO6. The van der Waals surface area contributed by atoms with Crippen molar-refractivity contribution in [2.24, 2.45) is 0 Å². The molecule has 3 rings (SSSR count). The fourth-order valence-corrected chi connectivity index (χ4v) is 3.68. The van der Waals surface area contributed by atoms with Gasteiger partial charge in [-0.05, 0) is 45.2 Å². The van der Waals surface area contributed by atoms with E-state index in [4.69, 9.17) is 18.9 Å². The van der Waals surface area contributed by atoms with Gasteiger partial charge < -0.3 is 18.9 Å². The molecule has 7 heteroatoms. The molecule has 1 atom stereocenters. The van der Waals surface area contributed by atoms with Gasteiger partial charge in [0.25, 0.3) is 5.91 Å². The van der Waals surface area contributed by atoms with Crippen molar-refractivity contribution in [2.45, 2.75) is 51.9 Å². The Hall–Kier alpha value is -3.48. The fourth-order valence-electron chi connectivity index (χ4n) is 3.68. The van der Waals surface area contributed by atoms with Crippen LogP contribution in [0.5, 0.6) is 11.5 Å². The van der Waals surface area contributed by atoms with Crippen molar-refractivity contribution in [3.05, 3.63) is 71.5 Å². The number of hydrogen-bond acceptors (Lipinski definition) is 6. The van der Waals surface area contributed by atoms with Crippen LogP contribution < -0.4 is 9.47 Å². The van der Waals surface area contributed by atoms with E-state index in [1.54, 1.807) is 41.1 Å². The van der Waals surface area contributed by atoms with Crippen molar-refractivity contribution in [1.29, 1.82) is 0 Å². The van der Waals surface area contributed by atoms with Gasteiger partial charge in [-0.3, -0.25) is 4.79 Å². The highest BCUT2D eigenvalue weighted by Crippen LogP contribution is 2.33. The van der Waals surface area contributed by atoms with Gasteiger partial charge in [-0.2, -0.15) is 0 Å². The zero-order chi connectivity index (χ0) is 24.0. The van der Waals surface area contributed by atoms with Gasteiger partial charge in [-0.25, -0.2) is 9.69 Å². The molecule has 0 fully saturated rings. The van der Waals surface area contributed by atoms with Gasteiger partial charge in [0.1, 0.15) is 24.0 Å². The van der Waals surface area contributed by atoms with Gasteiger partial charge in [-0.1, -0.05) is 42.5 Å². The average Bonchev–Trinajstić information content (AvgIpc) is 3.10. The van der Waals surface area contributed by atoms with Crippen molar-refractivity contribution < 1.29 is 28.5 Å². The van der Waals surface area contributed by atoms with E-state index in [0.717, 1.165) is 16.0 Å². The van der Waals surface area contributed by atoms with E-state index in [0.29, 0.717) is 30.1 Å². The van der Waals surface area contributed by atoms with Gasteiger partial charge in [0, 0.05) is 11.6 Å². The molecule has 0 N–H and O–H groups in total. The smallest absolute Gasteiger partial charge is 0.418 e. The Balaban J connectivity index is 1.81. The number of aryl methyl sites for hydroxylation is 1. The monoisotopic (exact) mass is 453 g/mol. The highest BCUT2D eigenvalue weighted by atomic mass is 16.6. The Morgan fingerprint density at radius 1 is 1.00 bits per heavy atom. The SMILES string of the molecule is COc1cccc(COC2=CC(=O)N(C(=O)OC(C)(C)C)[C@H]2CCc2ccccc2)c1OC. The first kappa shape index (κ1) is 24.2. The topological polar surface area (TPSA) is 74.3 Å². The number of hydrogen-bond donors (Lipinski definition) is 0. The highest BCUT2D eigenvalue weighted by molar-refractivity contribution is 6.02. The van der Waals surface area contributed by atoms with Crippen LogP contribution in [0, 0.1) is 0 Å². The summed E-state index contributed by atoms with van der Waals surface area (Å²) in [6.45, 7) is 5.46. The molecule has 1 aliphatic heterocycles. The Morgan fingerprint density at radius 3 is 2.36 bits per heavy atom. The third-order valence-corrected chi connectivity index (χ3v) is 5.16. The van der Waals surface area contributed by atoms with Gasteiger partial charge >= 0.3 is 6.09 Å². The first-order valence-corrected chi connectivity index (χ1v) is 10.9. The van der Waals surface area contributed by atoms with E-state index < -0.39 is 23.6 Å². The Labute approximate surface area is 194 Å². The molecule has 0 saturated heterocycles. The van der Waals surface area contributed by atoms with Crippen LogP contribution in [0.4, 0.5) is 4.79 Å². The summed E-state index contributed by atoms with van der Waals surface area (Å²) in [6.07, 6.45) is 1.86. The van der Waals surface area contributed by atoms with Crippen LogP contribution in [-0.2, 0) is 27.3 Å². The number of benzene rings is 2. The molecule has 33 heavy (non-hydrogen) atoms. The van der Waals surface area contributed by atoms with E-state index in [9.17, 15) is 9.59 Å². The minimum atomic E-state index is -0.723. The maximum Gasteiger partial charge on any atom is 0.418 e. The molecule has 0 unspecified atom stereocenters. The zero-order valence-corrected chi connectivity index (χ0v) is 19.8. The second kappa shape index (κ2) is 10.4. The molecule has 176 valence electrons. The van der Waals surface area contributed by atoms with Crippen molar-refractivity contribution in [3.63, 3.8) is 0 Å². The number of nitrogens with zero attached hydrogens (tertiary/aromatic N) is 1. The van der Waals surface area contributed by atoms with E-state index in [-0.39, 0.29) is 6.61 Å². The van der Waals surface area contributed by atoms with Crippen LogP contribution >= 0.6 is 0 Å². The van der Waals surface area contributed by atoms with Gasteiger partial charge in [0.2, 0.25) is 0 Å². The van der Waals surface area contributed by atoms with E-state index in [2.05, 4.69) is 0 Å². The molecule has 0 bridgehead atoms. The summed E-state index contributed by atoms with van der Waals surface area (Å²) < 4.78 is 22.4. The maximum absolute atomic E-state index is 12.9. The van der Waals surface area contributed by atoms with Gasteiger partial charge in [0.05, 0.1) is 14.2 Å². The number of carbonyl (C=O) groups is 2. The minimum absolute atomic E-state index is 0.156. The van der Waals surface area contributed by atoms with Crippen LogP contribution in [0.15, 0.2) is 60.4 Å². The Bertz CT molecular complexity index is 1010. The first-order valence-electron chi connectivity index (χ1n) is 10.9. The molecular weight excluding hydrogens is 422 g/mol. The molecule has 0 aromatic heterocycles. The minimum Gasteiger partial charge on any atom is -0.493 e. The summed E-state index contributed by atoms with van der Waals surface area (Å²) in [5.41, 5.74) is 1.15. The van der Waals surface area contributed by atoms with Crippen LogP contribution in [0.25, 0.3) is 0 Å². The third kappa shape index (κ3) is 6.06. The molecule has 0 spiro atoms. The molecule has 1 heterocycles. The molecule has 0 aliphatic carbocycles. The van der Waals surface area contributed by atoms with Crippen LogP contribution in [-0.4, -0.2) is 42.8 Å². The predicted octanol–water partition coefficient (Wildman–Crippen LogP) is 4.88. The average molecular weight is 454 g/mol. The quantitative estimate of drug-likeness (QED) is 0.567. The lowest BCUT2D eigenvalue weighted by Gasteiger charge is -2.28. The molecule has 0 saturated carbocycles. The predicted molar refractivity (Wildman–Crippen MR) is 124 cm³/mol. The second-order valence-electron chi connectivity index (χ2n) is 8.72. The normalized spacial score (nSPS) is 15.8. The van der Waals surface area contributed by atoms with E-state index >= 15 is 0 Å². The molecule has 7 nitrogen and oxygen atoms in total. The molecule has 1 aliphatic rings. The summed E-state index contributed by atoms with van der Waals surface area (Å²) in [5.74, 6) is 1.13. The lowest BCUT2D eigenvalue weighted by Crippen LogP contribution is -2.44. The Kier molecular flexibility index (Phi) is 7.63. The molecule has 0 radical (unpaired) electrons. The first-order chi connectivity index (χ1) is 15.7. The van der Waals surface area contributed by atoms with E-state index in [1.165, 1.54) is 6.08 Å². The van der Waals surface area contributed by atoms with Crippen molar-refractivity contribution >= 4 is 12.0 Å². The van der Waals surface area contributed by atoms with Gasteiger partial charge in [-0.15, -0.1) is 0 Å². The number of carbonyl (C=O) groups excluding carboxylic acids is 2. The summed E-state index contributed by atoms with van der Waals surface area (Å²) >= 11 is 0. The molecule has 2 aromatic carbocycles. The largest absolute Gasteiger partial charge is 0.493 e.